The highest BCUT2D eigenvalue weighted by Crippen LogP contribution is 2.24. The molecule has 2 nitrogen and oxygen atoms in total. The molecule has 2 N–H and O–H groups in total. The first-order valence-corrected chi connectivity index (χ1v) is 6.35. The smallest absolute Gasteiger partial charge is 0.159 e. The monoisotopic (exact) mass is 277 g/mol. The Kier molecular flexibility index (Phi) is 4.35. The van der Waals surface area contributed by atoms with Crippen LogP contribution in [0.2, 0.25) is 0 Å². The van der Waals surface area contributed by atoms with Gasteiger partial charge in [-0.1, -0.05) is 18.2 Å². The van der Waals surface area contributed by atoms with Crippen LogP contribution in [0.5, 0.6) is 5.75 Å². The molecule has 0 heterocycles. The van der Waals surface area contributed by atoms with E-state index in [9.17, 15) is 8.78 Å². The number of ether oxygens (including phenoxy) is 1. The van der Waals surface area contributed by atoms with E-state index >= 15 is 0 Å². The lowest BCUT2D eigenvalue weighted by atomic mass is 9.98. The van der Waals surface area contributed by atoms with Crippen LogP contribution in [0.3, 0.4) is 0 Å². The molecule has 0 aliphatic carbocycles. The zero-order valence-corrected chi connectivity index (χ0v) is 11.5. The minimum Gasteiger partial charge on any atom is -0.496 e. The van der Waals surface area contributed by atoms with Gasteiger partial charge in [0.05, 0.1) is 7.11 Å². The Morgan fingerprint density at radius 2 is 1.85 bits per heavy atom. The van der Waals surface area contributed by atoms with Gasteiger partial charge in [-0.05, 0) is 48.2 Å². The van der Waals surface area contributed by atoms with Gasteiger partial charge in [-0.25, -0.2) is 8.78 Å². The molecule has 0 aliphatic rings. The molecule has 0 spiro atoms. The van der Waals surface area contributed by atoms with E-state index in [1.807, 2.05) is 25.1 Å². The maximum Gasteiger partial charge on any atom is 0.159 e. The molecular formula is C16H17F2NO. The molecule has 106 valence electrons. The fourth-order valence-corrected chi connectivity index (χ4v) is 2.11. The molecule has 0 bridgehead atoms. The van der Waals surface area contributed by atoms with Gasteiger partial charge in [0.15, 0.2) is 11.6 Å². The number of nitrogens with two attached hydrogens (primary N) is 1. The van der Waals surface area contributed by atoms with Crippen molar-refractivity contribution >= 4 is 0 Å². The Morgan fingerprint density at radius 1 is 1.10 bits per heavy atom. The predicted molar refractivity (Wildman–Crippen MR) is 74.7 cm³/mol. The van der Waals surface area contributed by atoms with E-state index in [4.69, 9.17) is 10.5 Å². The van der Waals surface area contributed by atoms with Crippen LogP contribution in [-0.4, -0.2) is 7.11 Å². The topological polar surface area (TPSA) is 35.2 Å². The molecule has 4 heteroatoms. The summed E-state index contributed by atoms with van der Waals surface area (Å²) in [6, 6.07) is 9.27. The molecule has 2 rings (SSSR count). The molecule has 0 saturated heterocycles. The third-order valence-corrected chi connectivity index (χ3v) is 3.30. The van der Waals surface area contributed by atoms with Crippen LogP contribution >= 0.6 is 0 Å². The molecule has 0 aliphatic heterocycles. The summed E-state index contributed by atoms with van der Waals surface area (Å²) in [5.41, 5.74) is 8.70. The molecule has 1 unspecified atom stereocenters. The molecule has 0 saturated carbocycles. The van der Waals surface area contributed by atoms with E-state index in [0.29, 0.717) is 12.0 Å². The third-order valence-electron chi connectivity index (χ3n) is 3.30. The maximum absolute atomic E-state index is 13.2. The average molecular weight is 277 g/mol. The van der Waals surface area contributed by atoms with E-state index < -0.39 is 11.6 Å². The SMILES string of the molecule is COc1cc(C(N)Cc2ccc(F)c(F)c2)ccc1C. The van der Waals surface area contributed by atoms with Gasteiger partial charge in [0.25, 0.3) is 0 Å². The van der Waals surface area contributed by atoms with Gasteiger partial charge in [0.1, 0.15) is 5.75 Å². The fourth-order valence-electron chi connectivity index (χ4n) is 2.11. The highest BCUT2D eigenvalue weighted by Gasteiger charge is 2.11. The van der Waals surface area contributed by atoms with Gasteiger partial charge in [-0.3, -0.25) is 0 Å². The van der Waals surface area contributed by atoms with Crippen LogP contribution in [0.15, 0.2) is 36.4 Å². The number of methoxy groups -OCH3 is 1. The molecule has 0 fully saturated rings. The normalized spacial score (nSPS) is 12.2. The van der Waals surface area contributed by atoms with Crippen LogP contribution in [0, 0.1) is 18.6 Å². The highest BCUT2D eigenvalue weighted by molar-refractivity contribution is 5.38. The van der Waals surface area contributed by atoms with E-state index in [-0.39, 0.29) is 6.04 Å². The average Bonchev–Trinajstić information content (AvgIpc) is 2.43. The van der Waals surface area contributed by atoms with Crippen LogP contribution in [-0.2, 0) is 6.42 Å². The fraction of sp³-hybridized carbons (Fsp3) is 0.250. The summed E-state index contributed by atoms with van der Waals surface area (Å²) >= 11 is 0. The zero-order chi connectivity index (χ0) is 14.7. The Morgan fingerprint density at radius 3 is 2.50 bits per heavy atom. The van der Waals surface area contributed by atoms with Crippen LogP contribution in [0.1, 0.15) is 22.7 Å². The lowest BCUT2D eigenvalue weighted by Gasteiger charge is -2.14. The van der Waals surface area contributed by atoms with Crippen LogP contribution in [0.25, 0.3) is 0 Å². The lowest BCUT2D eigenvalue weighted by molar-refractivity contribution is 0.410. The second-order valence-corrected chi connectivity index (χ2v) is 4.79. The molecule has 0 radical (unpaired) electrons. The number of aryl methyl sites for hydroxylation is 1. The Labute approximate surface area is 117 Å². The van der Waals surface area contributed by atoms with Gasteiger partial charge in [-0.2, -0.15) is 0 Å². The molecule has 20 heavy (non-hydrogen) atoms. The predicted octanol–water partition coefficient (Wildman–Crippen LogP) is 3.52. The van der Waals surface area contributed by atoms with Crippen molar-refractivity contribution in [2.45, 2.75) is 19.4 Å². The first-order chi connectivity index (χ1) is 9.51. The molecule has 2 aromatic rings. The van der Waals surface area contributed by atoms with Crippen molar-refractivity contribution in [3.63, 3.8) is 0 Å². The van der Waals surface area contributed by atoms with E-state index in [1.54, 1.807) is 13.2 Å². The zero-order valence-electron chi connectivity index (χ0n) is 11.5. The van der Waals surface area contributed by atoms with Crippen molar-refractivity contribution in [1.82, 2.24) is 0 Å². The summed E-state index contributed by atoms with van der Waals surface area (Å²) in [7, 11) is 1.60. The standard InChI is InChI=1S/C16H17F2NO/c1-10-3-5-12(9-16(10)20-2)15(19)8-11-4-6-13(17)14(18)7-11/h3-7,9,15H,8,19H2,1-2H3. The van der Waals surface area contributed by atoms with Crippen LogP contribution < -0.4 is 10.5 Å². The molecule has 0 aromatic heterocycles. The van der Waals surface area contributed by atoms with Gasteiger partial charge in [0, 0.05) is 6.04 Å². The third kappa shape index (κ3) is 3.14. The van der Waals surface area contributed by atoms with E-state index in [1.165, 1.54) is 6.07 Å². The maximum atomic E-state index is 13.2. The van der Waals surface area contributed by atoms with Crippen molar-refractivity contribution < 1.29 is 13.5 Å². The first kappa shape index (κ1) is 14.5. The Balaban J connectivity index is 2.19. The number of hydrogen-bond acceptors (Lipinski definition) is 2. The summed E-state index contributed by atoms with van der Waals surface area (Å²) in [6.07, 6.45) is 0.434. The quantitative estimate of drug-likeness (QED) is 0.928. The van der Waals surface area contributed by atoms with Gasteiger partial charge >= 0.3 is 0 Å². The summed E-state index contributed by atoms with van der Waals surface area (Å²) in [4.78, 5) is 0. The molecule has 1 atom stereocenters. The molecule has 2 aromatic carbocycles. The molecule has 0 amide bonds. The van der Waals surface area contributed by atoms with Crippen molar-refractivity contribution in [1.29, 1.82) is 0 Å². The second kappa shape index (κ2) is 6.01. The highest BCUT2D eigenvalue weighted by atomic mass is 19.2. The lowest BCUT2D eigenvalue weighted by Crippen LogP contribution is -2.13. The number of benzene rings is 2. The number of halogens is 2. The Bertz CT molecular complexity index is 613. The van der Waals surface area contributed by atoms with Gasteiger partial charge in [0.2, 0.25) is 0 Å². The van der Waals surface area contributed by atoms with Crippen molar-refractivity contribution in [3.8, 4) is 5.75 Å². The second-order valence-electron chi connectivity index (χ2n) is 4.79. The van der Waals surface area contributed by atoms with Crippen molar-refractivity contribution in [3.05, 3.63) is 64.7 Å². The summed E-state index contributed by atoms with van der Waals surface area (Å²) in [5.74, 6) is -0.932. The minimum atomic E-state index is -0.851. The van der Waals surface area contributed by atoms with E-state index in [0.717, 1.165) is 22.9 Å². The van der Waals surface area contributed by atoms with Crippen molar-refractivity contribution in [2.75, 3.05) is 7.11 Å². The van der Waals surface area contributed by atoms with Gasteiger partial charge < -0.3 is 10.5 Å². The minimum absolute atomic E-state index is 0.297. The Hall–Kier alpha value is -1.94. The summed E-state index contributed by atoms with van der Waals surface area (Å²) in [5, 5.41) is 0. The molecular weight excluding hydrogens is 260 g/mol. The summed E-state index contributed by atoms with van der Waals surface area (Å²) < 4.78 is 31.3. The summed E-state index contributed by atoms with van der Waals surface area (Å²) in [6.45, 7) is 1.95. The first-order valence-electron chi connectivity index (χ1n) is 6.35. The van der Waals surface area contributed by atoms with Crippen LogP contribution in [0.4, 0.5) is 8.78 Å². The number of rotatable bonds is 4. The van der Waals surface area contributed by atoms with E-state index in [2.05, 4.69) is 0 Å². The van der Waals surface area contributed by atoms with Crippen molar-refractivity contribution in [2.24, 2.45) is 5.73 Å². The number of hydrogen-bond donors (Lipinski definition) is 1. The van der Waals surface area contributed by atoms with Gasteiger partial charge in [-0.15, -0.1) is 0 Å². The largest absolute Gasteiger partial charge is 0.496 e.